The van der Waals surface area contributed by atoms with Gasteiger partial charge in [-0.15, -0.1) is 0 Å². The number of hydrogen-bond acceptors (Lipinski definition) is 4. The summed E-state index contributed by atoms with van der Waals surface area (Å²) in [5.74, 6) is 1.21. The van der Waals surface area contributed by atoms with Gasteiger partial charge in [-0.05, 0) is 44.3 Å². The molecule has 2 N–H and O–H groups in total. The van der Waals surface area contributed by atoms with Gasteiger partial charge in [0, 0.05) is 6.54 Å². The molecule has 2 heterocycles. The molecule has 0 aromatic carbocycles. The summed E-state index contributed by atoms with van der Waals surface area (Å²) in [6, 6.07) is 0. The average Bonchev–Trinajstić information content (AvgIpc) is 2.78. The van der Waals surface area contributed by atoms with E-state index < -0.39 is 0 Å². The zero-order valence-corrected chi connectivity index (χ0v) is 9.29. The molecule has 0 amide bonds. The van der Waals surface area contributed by atoms with Crippen LogP contribution in [0.1, 0.15) is 12.8 Å². The van der Waals surface area contributed by atoms with E-state index in [0.29, 0.717) is 11.8 Å². The second kappa shape index (κ2) is 4.94. The van der Waals surface area contributed by atoms with Crippen LogP contribution >= 0.6 is 0 Å². The quantitative estimate of drug-likeness (QED) is 0.632. The molecule has 2 aliphatic rings. The lowest BCUT2D eigenvalue weighted by Gasteiger charge is -2.30. The third kappa shape index (κ3) is 2.32. The molecular formula is C11H20N2O2. The minimum absolute atomic E-state index is 0.0384. The standard InChI is InChI=1S/C11H20N2O2/c1-15-11(14)10-7-13-6-9(10)8-2-4-12-5-3-8/h8-10,12-13H,2-7H2,1H3. The third-order valence-corrected chi connectivity index (χ3v) is 3.75. The first-order chi connectivity index (χ1) is 7.33. The first-order valence-electron chi connectivity index (χ1n) is 5.82. The van der Waals surface area contributed by atoms with Gasteiger partial charge in [0.15, 0.2) is 0 Å². The number of methoxy groups -OCH3 is 1. The van der Waals surface area contributed by atoms with Crippen molar-refractivity contribution >= 4 is 5.97 Å². The lowest BCUT2D eigenvalue weighted by molar-refractivity contribution is -0.146. The Morgan fingerprint density at radius 3 is 2.60 bits per heavy atom. The van der Waals surface area contributed by atoms with Gasteiger partial charge in [-0.2, -0.15) is 0 Å². The van der Waals surface area contributed by atoms with Gasteiger partial charge in [-0.3, -0.25) is 4.79 Å². The van der Waals surface area contributed by atoms with E-state index in [9.17, 15) is 4.79 Å². The molecule has 0 aliphatic carbocycles. The van der Waals surface area contributed by atoms with Crippen molar-refractivity contribution in [1.29, 1.82) is 0 Å². The molecule has 0 bridgehead atoms. The Morgan fingerprint density at radius 1 is 1.20 bits per heavy atom. The van der Waals surface area contributed by atoms with Crippen LogP contribution in [0.25, 0.3) is 0 Å². The summed E-state index contributed by atoms with van der Waals surface area (Å²) < 4.78 is 4.86. The van der Waals surface area contributed by atoms with Gasteiger partial charge in [-0.1, -0.05) is 0 Å². The maximum atomic E-state index is 11.6. The molecule has 0 spiro atoms. The molecule has 86 valence electrons. The maximum absolute atomic E-state index is 11.6. The van der Waals surface area contributed by atoms with Crippen LogP contribution in [0.5, 0.6) is 0 Å². The molecule has 2 fully saturated rings. The summed E-state index contributed by atoms with van der Waals surface area (Å²) >= 11 is 0. The minimum atomic E-state index is -0.0384. The van der Waals surface area contributed by atoms with E-state index in [4.69, 9.17) is 4.74 Å². The molecule has 0 aromatic rings. The lowest BCUT2D eigenvalue weighted by atomic mass is 9.79. The summed E-state index contributed by atoms with van der Waals surface area (Å²) in [6.45, 7) is 3.95. The van der Waals surface area contributed by atoms with Crippen LogP contribution in [0.15, 0.2) is 0 Å². The predicted octanol–water partition coefficient (Wildman–Crippen LogP) is -0.00540. The number of nitrogens with one attached hydrogen (secondary N) is 2. The van der Waals surface area contributed by atoms with Crippen LogP contribution in [0.2, 0.25) is 0 Å². The number of carbonyl (C=O) groups excluding carboxylic acids is 1. The van der Waals surface area contributed by atoms with Gasteiger partial charge >= 0.3 is 5.97 Å². The number of hydrogen-bond donors (Lipinski definition) is 2. The van der Waals surface area contributed by atoms with Crippen molar-refractivity contribution in [3.05, 3.63) is 0 Å². The SMILES string of the molecule is COC(=O)C1CNCC1C1CCNCC1. The van der Waals surface area contributed by atoms with Crippen molar-refractivity contribution < 1.29 is 9.53 Å². The number of carbonyl (C=O) groups is 1. The van der Waals surface area contributed by atoms with E-state index >= 15 is 0 Å². The summed E-state index contributed by atoms with van der Waals surface area (Å²) in [5, 5.41) is 6.67. The summed E-state index contributed by atoms with van der Waals surface area (Å²) in [6.07, 6.45) is 2.39. The van der Waals surface area contributed by atoms with Crippen LogP contribution in [0, 0.1) is 17.8 Å². The zero-order valence-electron chi connectivity index (χ0n) is 9.29. The molecule has 0 saturated carbocycles. The van der Waals surface area contributed by atoms with Crippen LogP contribution in [0.3, 0.4) is 0 Å². The van der Waals surface area contributed by atoms with E-state index in [-0.39, 0.29) is 11.9 Å². The number of rotatable bonds is 2. The van der Waals surface area contributed by atoms with Gasteiger partial charge in [0.2, 0.25) is 0 Å². The smallest absolute Gasteiger partial charge is 0.310 e. The Hall–Kier alpha value is -0.610. The Morgan fingerprint density at radius 2 is 1.93 bits per heavy atom. The molecule has 2 aliphatic heterocycles. The molecule has 15 heavy (non-hydrogen) atoms. The van der Waals surface area contributed by atoms with Crippen LogP contribution in [0.4, 0.5) is 0 Å². The van der Waals surface area contributed by atoms with Crippen LogP contribution in [-0.4, -0.2) is 39.3 Å². The number of esters is 1. The fourth-order valence-electron chi connectivity index (χ4n) is 2.88. The van der Waals surface area contributed by atoms with E-state index in [1.807, 2.05) is 0 Å². The molecule has 4 heteroatoms. The van der Waals surface area contributed by atoms with E-state index in [1.165, 1.54) is 20.0 Å². The van der Waals surface area contributed by atoms with Crippen LogP contribution in [-0.2, 0) is 9.53 Å². The fourth-order valence-corrected chi connectivity index (χ4v) is 2.88. The zero-order chi connectivity index (χ0) is 10.7. The molecule has 0 aromatic heterocycles. The van der Waals surface area contributed by atoms with Crippen molar-refractivity contribution in [1.82, 2.24) is 10.6 Å². The van der Waals surface area contributed by atoms with Gasteiger partial charge in [-0.25, -0.2) is 0 Å². The second-order valence-corrected chi connectivity index (χ2v) is 4.54. The van der Waals surface area contributed by atoms with Gasteiger partial charge in [0.25, 0.3) is 0 Å². The predicted molar refractivity (Wildman–Crippen MR) is 57.5 cm³/mol. The fraction of sp³-hybridized carbons (Fsp3) is 0.909. The van der Waals surface area contributed by atoms with Crippen molar-refractivity contribution in [2.24, 2.45) is 17.8 Å². The van der Waals surface area contributed by atoms with Crippen molar-refractivity contribution in [3.8, 4) is 0 Å². The molecular weight excluding hydrogens is 192 g/mol. The van der Waals surface area contributed by atoms with E-state index in [0.717, 1.165) is 26.2 Å². The molecule has 4 nitrogen and oxygen atoms in total. The molecule has 2 atom stereocenters. The highest BCUT2D eigenvalue weighted by atomic mass is 16.5. The molecule has 2 saturated heterocycles. The number of ether oxygens (including phenoxy) is 1. The summed E-state index contributed by atoms with van der Waals surface area (Å²) in [4.78, 5) is 11.6. The highest BCUT2D eigenvalue weighted by Crippen LogP contribution is 2.31. The first-order valence-corrected chi connectivity index (χ1v) is 5.82. The third-order valence-electron chi connectivity index (χ3n) is 3.75. The van der Waals surface area contributed by atoms with Crippen LogP contribution < -0.4 is 10.6 Å². The van der Waals surface area contributed by atoms with Crippen molar-refractivity contribution in [2.45, 2.75) is 12.8 Å². The van der Waals surface area contributed by atoms with Gasteiger partial charge in [0.05, 0.1) is 13.0 Å². The topological polar surface area (TPSA) is 50.4 Å². The minimum Gasteiger partial charge on any atom is -0.469 e. The van der Waals surface area contributed by atoms with Crippen molar-refractivity contribution in [2.75, 3.05) is 33.3 Å². The highest BCUT2D eigenvalue weighted by molar-refractivity contribution is 5.73. The van der Waals surface area contributed by atoms with Gasteiger partial charge in [0.1, 0.15) is 0 Å². The maximum Gasteiger partial charge on any atom is 0.310 e. The van der Waals surface area contributed by atoms with Gasteiger partial charge < -0.3 is 15.4 Å². The monoisotopic (exact) mass is 212 g/mol. The average molecular weight is 212 g/mol. The Bertz CT molecular complexity index is 227. The Labute approximate surface area is 90.8 Å². The first kappa shape index (κ1) is 10.9. The molecule has 2 unspecified atom stereocenters. The number of piperidine rings is 1. The summed E-state index contributed by atoms with van der Waals surface area (Å²) in [5.41, 5.74) is 0. The summed E-state index contributed by atoms with van der Waals surface area (Å²) in [7, 11) is 1.49. The molecule has 2 rings (SSSR count). The molecule has 0 radical (unpaired) electrons. The Balaban J connectivity index is 1.97. The van der Waals surface area contributed by atoms with E-state index in [2.05, 4.69) is 10.6 Å². The largest absolute Gasteiger partial charge is 0.469 e. The second-order valence-electron chi connectivity index (χ2n) is 4.54. The normalized spacial score (nSPS) is 32.9. The lowest BCUT2D eigenvalue weighted by Crippen LogP contribution is -2.36. The highest BCUT2D eigenvalue weighted by Gasteiger charge is 2.38. The van der Waals surface area contributed by atoms with Crippen molar-refractivity contribution in [3.63, 3.8) is 0 Å². The Kier molecular flexibility index (Phi) is 3.59. The van der Waals surface area contributed by atoms with E-state index in [1.54, 1.807) is 0 Å².